The zero-order chi connectivity index (χ0) is 31.5. The minimum atomic E-state index is -0.743. The maximum Gasteiger partial charge on any atom is 0.247 e. The van der Waals surface area contributed by atoms with Crippen molar-refractivity contribution >= 4 is 35.2 Å². The van der Waals surface area contributed by atoms with Crippen LogP contribution in [-0.2, 0) is 20.9 Å². The Bertz CT molecular complexity index is 1380. The summed E-state index contributed by atoms with van der Waals surface area (Å²) in [5.41, 5.74) is 1.70. The van der Waals surface area contributed by atoms with E-state index in [9.17, 15) is 19.5 Å². The Balaban J connectivity index is 1.52. The van der Waals surface area contributed by atoms with E-state index >= 15 is 0 Å². The SMILES string of the molecule is C=CCN(Cc1ccccc1)C(=O)C1N(CCCO)C(=O)[C@@H]2[C@@H](C(=O)N(CC=C)c3ccc(OCC)cc3)[C@@]3(C)CCC12S3. The van der Waals surface area contributed by atoms with E-state index in [1.54, 1.807) is 38.6 Å². The van der Waals surface area contributed by atoms with Crippen LogP contribution in [0.3, 0.4) is 0 Å². The molecular formula is C35H43N3O5S. The molecule has 3 saturated heterocycles. The molecule has 1 spiro atoms. The first-order chi connectivity index (χ1) is 21.2. The Morgan fingerprint density at radius 1 is 1.07 bits per heavy atom. The first kappa shape index (κ1) is 31.9. The summed E-state index contributed by atoms with van der Waals surface area (Å²) in [7, 11) is 0. The van der Waals surface area contributed by atoms with Crippen LogP contribution in [0.2, 0.25) is 0 Å². The number of benzene rings is 2. The van der Waals surface area contributed by atoms with Gasteiger partial charge in [0.1, 0.15) is 11.8 Å². The van der Waals surface area contributed by atoms with Gasteiger partial charge in [0.25, 0.3) is 0 Å². The van der Waals surface area contributed by atoms with Gasteiger partial charge in [-0.3, -0.25) is 14.4 Å². The number of amides is 3. The molecule has 44 heavy (non-hydrogen) atoms. The lowest BCUT2D eigenvalue weighted by Gasteiger charge is -2.38. The lowest BCUT2D eigenvalue weighted by molar-refractivity contribution is -0.143. The summed E-state index contributed by atoms with van der Waals surface area (Å²) in [6.07, 6.45) is 5.15. The highest BCUT2D eigenvalue weighted by molar-refractivity contribution is 8.02. The second-order valence-corrected chi connectivity index (χ2v) is 13.9. The van der Waals surface area contributed by atoms with Crippen LogP contribution in [-0.4, -0.2) is 81.0 Å². The summed E-state index contributed by atoms with van der Waals surface area (Å²) >= 11 is 1.66. The molecule has 2 aromatic rings. The van der Waals surface area contributed by atoms with Crippen molar-refractivity contribution in [2.45, 2.75) is 55.2 Å². The molecule has 234 valence electrons. The topological polar surface area (TPSA) is 90.4 Å². The molecule has 3 aliphatic heterocycles. The van der Waals surface area contributed by atoms with Crippen LogP contribution in [0.15, 0.2) is 79.9 Å². The smallest absolute Gasteiger partial charge is 0.247 e. The molecule has 3 fully saturated rings. The van der Waals surface area contributed by atoms with Crippen LogP contribution in [0.25, 0.3) is 0 Å². The molecule has 5 rings (SSSR count). The fraction of sp³-hybridized carbons (Fsp3) is 0.457. The van der Waals surface area contributed by atoms with E-state index < -0.39 is 27.4 Å². The normalized spacial score (nSPS) is 26.8. The van der Waals surface area contributed by atoms with Crippen LogP contribution in [0, 0.1) is 11.8 Å². The third-order valence-electron chi connectivity index (χ3n) is 9.25. The number of aliphatic hydroxyl groups is 1. The number of likely N-dealkylation sites (tertiary alicyclic amines) is 1. The lowest BCUT2D eigenvalue weighted by atomic mass is 9.66. The van der Waals surface area contributed by atoms with Gasteiger partial charge in [0.15, 0.2) is 0 Å². The summed E-state index contributed by atoms with van der Waals surface area (Å²) in [6, 6.07) is 16.4. The van der Waals surface area contributed by atoms with Crippen LogP contribution < -0.4 is 9.64 Å². The maximum atomic E-state index is 14.6. The summed E-state index contributed by atoms with van der Waals surface area (Å²) in [4.78, 5) is 48.8. The number of anilines is 1. The Kier molecular flexibility index (Phi) is 9.56. The van der Waals surface area contributed by atoms with Gasteiger partial charge in [-0.2, -0.15) is 0 Å². The zero-order valence-electron chi connectivity index (χ0n) is 25.7. The number of aliphatic hydroxyl groups excluding tert-OH is 1. The van der Waals surface area contributed by atoms with E-state index in [0.717, 1.165) is 17.7 Å². The van der Waals surface area contributed by atoms with E-state index in [0.29, 0.717) is 44.8 Å². The number of ether oxygens (including phenoxy) is 1. The quantitative estimate of drug-likeness (QED) is 0.310. The Labute approximate surface area is 264 Å². The van der Waals surface area contributed by atoms with Gasteiger partial charge in [0.2, 0.25) is 17.7 Å². The van der Waals surface area contributed by atoms with Crippen molar-refractivity contribution in [2.75, 3.05) is 37.7 Å². The lowest BCUT2D eigenvalue weighted by Crippen LogP contribution is -2.55. The first-order valence-electron chi connectivity index (χ1n) is 15.4. The summed E-state index contributed by atoms with van der Waals surface area (Å²) in [6.45, 7) is 13.5. The van der Waals surface area contributed by atoms with Gasteiger partial charge in [-0.05, 0) is 62.9 Å². The largest absolute Gasteiger partial charge is 0.494 e. The Morgan fingerprint density at radius 2 is 1.77 bits per heavy atom. The van der Waals surface area contributed by atoms with Crippen molar-refractivity contribution in [2.24, 2.45) is 11.8 Å². The predicted octanol–water partition coefficient (Wildman–Crippen LogP) is 4.68. The summed E-state index contributed by atoms with van der Waals surface area (Å²) in [5.74, 6) is -0.988. The van der Waals surface area contributed by atoms with Crippen molar-refractivity contribution in [1.82, 2.24) is 9.80 Å². The molecule has 3 heterocycles. The third-order valence-corrected chi connectivity index (χ3v) is 11.2. The van der Waals surface area contributed by atoms with Crippen LogP contribution >= 0.6 is 11.8 Å². The molecule has 9 heteroatoms. The fourth-order valence-corrected chi connectivity index (χ4v) is 9.78. The van der Waals surface area contributed by atoms with E-state index in [-0.39, 0.29) is 30.9 Å². The van der Waals surface area contributed by atoms with Crippen molar-refractivity contribution < 1.29 is 24.2 Å². The highest BCUT2D eigenvalue weighted by atomic mass is 32.2. The van der Waals surface area contributed by atoms with E-state index in [1.165, 1.54) is 0 Å². The molecule has 0 aliphatic carbocycles. The first-order valence-corrected chi connectivity index (χ1v) is 16.3. The average Bonchev–Trinajstić information content (AvgIpc) is 3.59. The second-order valence-electron chi connectivity index (χ2n) is 12.0. The predicted molar refractivity (Wildman–Crippen MR) is 174 cm³/mol. The van der Waals surface area contributed by atoms with Gasteiger partial charge < -0.3 is 24.5 Å². The number of nitrogens with zero attached hydrogens (tertiary/aromatic N) is 3. The minimum absolute atomic E-state index is 0.0964. The second kappa shape index (κ2) is 13.2. The number of fused-ring (bicyclic) bond motifs is 1. The summed E-state index contributed by atoms with van der Waals surface area (Å²) in [5, 5.41) is 9.72. The molecule has 0 saturated carbocycles. The van der Waals surface area contributed by atoms with Gasteiger partial charge in [-0.15, -0.1) is 24.9 Å². The molecule has 2 bridgehead atoms. The maximum absolute atomic E-state index is 14.6. The Hall–Kier alpha value is -3.56. The third kappa shape index (κ3) is 5.56. The molecule has 2 unspecified atom stereocenters. The molecule has 3 amide bonds. The monoisotopic (exact) mass is 617 g/mol. The van der Waals surface area contributed by atoms with Crippen LogP contribution in [0.5, 0.6) is 5.75 Å². The molecule has 0 radical (unpaired) electrons. The highest BCUT2D eigenvalue weighted by Crippen LogP contribution is 2.71. The highest BCUT2D eigenvalue weighted by Gasteiger charge is 2.77. The number of hydrogen-bond donors (Lipinski definition) is 1. The van der Waals surface area contributed by atoms with Crippen molar-refractivity contribution in [1.29, 1.82) is 0 Å². The van der Waals surface area contributed by atoms with E-state index in [2.05, 4.69) is 20.1 Å². The van der Waals surface area contributed by atoms with Gasteiger partial charge in [0, 0.05) is 43.2 Å². The van der Waals surface area contributed by atoms with Crippen LogP contribution in [0.4, 0.5) is 5.69 Å². The number of hydrogen-bond acceptors (Lipinski definition) is 6. The van der Waals surface area contributed by atoms with Crippen molar-refractivity contribution in [3.05, 3.63) is 85.5 Å². The van der Waals surface area contributed by atoms with Gasteiger partial charge in [-0.25, -0.2) is 0 Å². The molecule has 5 atom stereocenters. The number of carbonyl (C=O) groups excluding carboxylic acids is 3. The average molecular weight is 618 g/mol. The van der Waals surface area contributed by atoms with E-state index in [4.69, 9.17) is 4.74 Å². The molecular weight excluding hydrogens is 574 g/mol. The van der Waals surface area contributed by atoms with Crippen molar-refractivity contribution in [3.63, 3.8) is 0 Å². The number of carbonyl (C=O) groups is 3. The Morgan fingerprint density at radius 3 is 2.41 bits per heavy atom. The van der Waals surface area contributed by atoms with Crippen LogP contribution in [0.1, 0.15) is 38.7 Å². The standard InChI is InChI=1S/C35H43N3O5S/c1-5-20-36(24-25-12-9-8-10-13-25)33(42)30-35-19-18-34(4,44-35)28(29(35)32(41)38(30)22-11-23-39)31(40)37(21-6-2)26-14-16-27(17-15-26)43-7-3/h5-6,8-10,12-17,28-30,39H,1-2,7,11,18-24H2,3-4H3/t28-,29-,30?,34+,35?/m0/s1. The van der Waals surface area contributed by atoms with Gasteiger partial charge in [0.05, 0.1) is 23.2 Å². The van der Waals surface area contributed by atoms with Crippen molar-refractivity contribution in [3.8, 4) is 5.75 Å². The number of thioether (sulfide) groups is 1. The van der Waals surface area contributed by atoms with E-state index in [1.807, 2.05) is 61.5 Å². The number of rotatable bonds is 14. The van der Waals surface area contributed by atoms with Gasteiger partial charge in [-0.1, -0.05) is 42.5 Å². The molecule has 8 nitrogen and oxygen atoms in total. The van der Waals surface area contributed by atoms with Gasteiger partial charge >= 0.3 is 0 Å². The molecule has 0 aromatic heterocycles. The molecule has 2 aromatic carbocycles. The zero-order valence-corrected chi connectivity index (χ0v) is 26.5. The molecule has 1 N–H and O–H groups in total. The fourth-order valence-electron chi connectivity index (χ4n) is 7.44. The minimum Gasteiger partial charge on any atom is -0.494 e. The summed E-state index contributed by atoms with van der Waals surface area (Å²) < 4.78 is 4.35. The molecule has 3 aliphatic rings.